The molecule has 0 saturated carbocycles. The number of carbonyl (C=O) groups is 4. The minimum Gasteiger partial charge on any atom is -0.422 e. The molecule has 3 amide bonds. The molecule has 2 aromatic rings. The molecule has 0 radical (unpaired) electrons. The van der Waals surface area contributed by atoms with Crippen molar-refractivity contribution in [2.24, 2.45) is 0 Å². The fourth-order valence-electron chi connectivity index (χ4n) is 3.66. The Hall–Kier alpha value is -2.62. The molecule has 2 aromatic carbocycles. The number of imide groups is 1. The molecule has 2 heterocycles. The predicted octanol–water partition coefficient (Wildman–Crippen LogP) is 5.37. The van der Waals surface area contributed by atoms with E-state index in [1.54, 1.807) is 47.4 Å². The van der Waals surface area contributed by atoms with Crippen molar-refractivity contribution in [1.82, 2.24) is 9.80 Å². The van der Waals surface area contributed by atoms with Crippen LogP contribution in [0.1, 0.15) is 35.2 Å². The van der Waals surface area contributed by atoms with E-state index in [1.165, 1.54) is 6.08 Å². The molecule has 34 heavy (non-hydrogen) atoms. The molecule has 2 fully saturated rings. The van der Waals surface area contributed by atoms with Crippen LogP contribution in [0.3, 0.4) is 0 Å². The predicted molar refractivity (Wildman–Crippen MR) is 134 cm³/mol. The second-order valence-corrected chi connectivity index (χ2v) is 10.1. The van der Waals surface area contributed by atoms with E-state index in [1.807, 2.05) is 0 Å². The Morgan fingerprint density at radius 1 is 1.09 bits per heavy atom. The summed E-state index contributed by atoms with van der Waals surface area (Å²) >= 11 is 10.2. The monoisotopic (exact) mass is 562 g/mol. The summed E-state index contributed by atoms with van der Waals surface area (Å²) in [4.78, 5) is 53.4. The van der Waals surface area contributed by atoms with Crippen molar-refractivity contribution in [2.75, 3.05) is 19.6 Å². The minimum atomic E-state index is -0.650. The Morgan fingerprint density at radius 2 is 1.82 bits per heavy atom. The van der Waals surface area contributed by atoms with Gasteiger partial charge in [0.05, 0.1) is 15.5 Å². The molecule has 2 aliphatic heterocycles. The van der Waals surface area contributed by atoms with E-state index in [4.69, 9.17) is 16.3 Å². The van der Waals surface area contributed by atoms with Crippen LogP contribution in [0.2, 0.25) is 5.02 Å². The van der Waals surface area contributed by atoms with Crippen molar-refractivity contribution in [3.05, 3.63) is 68.0 Å². The van der Waals surface area contributed by atoms with Gasteiger partial charge in [-0.1, -0.05) is 39.7 Å². The molecule has 0 aliphatic carbocycles. The molecule has 176 valence electrons. The van der Waals surface area contributed by atoms with Crippen molar-refractivity contribution >= 4 is 68.4 Å². The number of piperidine rings is 1. The lowest BCUT2D eigenvalue weighted by Gasteiger charge is -2.27. The summed E-state index contributed by atoms with van der Waals surface area (Å²) in [5.41, 5.74) is 0.622. The zero-order valence-corrected chi connectivity index (χ0v) is 21.1. The van der Waals surface area contributed by atoms with Gasteiger partial charge in [-0.05, 0) is 67.4 Å². The highest BCUT2D eigenvalue weighted by molar-refractivity contribution is 9.10. The van der Waals surface area contributed by atoms with Gasteiger partial charge in [-0.25, -0.2) is 4.79 Å². The summed E-state index contributed by atoms with van der Waals surface area (Å²) < 4.78 is 6.23. The van der Waals surface area contributed by atoms with Crippen LogP contribution in [-0.4, -0.2) is 52.5 Å². The van der Waals surface area contributed by atoms with Crippen LogP contribution in [0, 0.1) is 0 Å². The van der Waals surface area contributed by atoms with Gasteiger partial charge in [-0.15, -0.1) is 0 Å². The maximum absolute atomic E-state index is 12.9. The number of esters is 1. The van der Waals surface area contributed by atoms with Crippen LogP contribution in [0.15, 0.2) is 51.8 Å². The number of halogens is 2. The minimum absolute atomic E-state index is 0.143. The van der Waals surface area contributed by atoms with E-state index in [9.17, 15) is 19.2 Å². The summed E-state index contributed by atoms with van der Waals surface area (Å²) in [5, 5.41) is -0.253. The SMILES string of the molecule is O=C(Oc1ccc(Br)cc1/C=C1\SC(=O)N(CC(=O)N2CCCCC2)C1=O)c1ccccc1Cl. The highest BCUT2D eigenvalue weighted by atomic mass is 79.9. The molecule has 0 atom stereocenters. The van der Waals surface area contributed by atoms with Crippen LogP contribution < -0.4 is 4.74 Å². The number of carbonyl (C=O) groups excluding carboxylic acids is 4. The van der Waals surface area contributed by atoms with E-state index >= 15 is 0 Å². The van der Waals surface area contributed by atoms with Crippen LogP contribution >= 0.6 is 39.3 Å². The van der Waals surface area contributed by atoms with Gasteiger partial charge in [0.1, 0.15) is 12.3 Å². The lowest BCUT2D eigenvalue weighted by molar-refractivity contribution is -0.136. The lowest BCUT2D eigenvalue weighted by Crippen LogP contribution is -2.44. The van der Waals surface area contributed by atoms with Gasteiger partial charge in [0.15, 0.2) is 0 Å². The quantitative estimate of drug-likeness (QED) is 0.276. The fourth-order valence-corrected chi connectivity index (χ4v) is 5.08. The third-order valence-electron chi connectivity index (χ3n) is 5.43. The second kappa shape index (κ2) is 10.8. The number of ether oxygens (including phenoxy) is 1. The molecular formula is C24H20BrClN2O5S. The fraction of sp³-hybridized carbons (Fsp3) is 0.250. The highest BCUT2D eigenvalue weighted by Gasteiger charge is 2.37. The van der Waals surface area contributed by atoms with Crippen LogP contribution in [0.5, 0.6) is 5.75 Å². The third-order valence-corrected chi connectivity index (χ3v) is 7.16. The smallest absolute Gasteiger partial charge is 0.345 e. The molecule has 0 bridgehead atoms. The Morgan fingerprint density at radius 3 is 2.56 bits per heavy atom. The number of rotatable bonds is 5. The van der Waals surface area contributed by atoms with Gasteiger partial charge in [0.25, 0.3) is 11.1 Å². The normalized spacial score (nSPS) is 17.4. The number of benzene rings is 2. The van der Waals surface area contributed by atoms with Gasteiger partial charge in [-0.3, -0.25) is 19.3 Å². The number of nitrogens with zero attached hydrogens (tertiary/aromatic N) is 2. The van der Waals surface area contributed by atoms with E-state index in [-0.39, 0.29) is 33.7 Å². The van der Waals surface area contributed by atoms with Crippen molar-refractivity contribution < 1.29 is 23.9 Å². The topological polar surface area (TPSA) is 84.0 Å². The lowest BCUT2D eigenvalue weighted by atomic mass is 10.1. The number of likely N-dealkylation sites (tertiary alicyclic amines) is 1. The van der Waals surface area contributed by atoms with Crippen LogP contribution in [-0.2, 0) is 9.59 Å². The highest BCUT2D eigenvalue weighted by Crippen LogP contribution is 2.35. The van der Waals surface area contributed by atoms with Gasteiger partial charge >= 0.3 is 5.97 Å². The Labute approximate surface area is 214 Å². The summed E-state index contributed by atoms with van der Waals surface area (Å²) in [6.45, 7) is 1.00. The molecule has 0 N–H and O–H groups in total. The van der Waals surface area contributed by atoms with Crippen LogP contribution in [0.25, 0.3) is 6.08 Å². The first-order valence-electron chi connectivity index (χ1n) is 10.6. The van der Waals surface area contributed by atoms with Gasteiger partial charge in [-0.2, -0.15) is 0 Å². The third kappa shape index (κ3) is 5.54. The number of amides is 3. The molecule has 7 nitrogen and oxygen atoms in total. The molecule has 10 heteroatoms. The van der Waals surface area contributed by atoms with E-state index in [0.29, 0.717) is 23.1 Å². The number of hydrogen-bond acceptors (Lipinski definition) is 6. The van der Waals surface area contributed by atoms with Crippen molar-refractivity contribution in [1.29, 1.82) is 0 Å². The Kier molecular flexibility index (Phi) is 7.75. The van der Waals surface area contributed by atoms with Gasteiger partial charge < -0.3 is 9.64 Å². The molecule has 0 aromatic heterocycles. The standard InChI is InChI=1S/C24H20BrClN2O5S/c25-16-8-9-19(33-23(31)17-6-2-3-7-18(17)26)15(12-16)13-20-22(30)28(24(32)34-20)14-21(29)27-10-4-1-5-11-27/h2-3,6-9,12-13H,1,4-5,10-11,14H2/b20-13-. The second-order valence-electron chi connectivity index (χ2n) is 7.76. The first-order valence-corrected chi connectivity index (χ1v) is 12.6. The molecule has 4 rings (SSSR count). The van der Waals surface area contributed by atoms with Crippen molar-refractivity contribution in [2.45, 2.75) is 19.3 Å². The molecular weight excluding hydrogens is 544 g/mol. The van der Waals surface area contributed by atoms with E-state index in [2.05, 4.69) is 15.9 Å². The zero-order valence-electron chi connectivity index (χ0n) is 18.0. The zero-order chi connectivity index (χ0) is 24.2. The van der Waals surface area contributed by atoms with Gasteiger partial charge in [0, 0.05) is 23.1 Å². The van der Waals surface area contributed by atoms with Crippen molar-refractivity contribution in [3.8, 4) is 5.75 Å². The average Bonchev–Trinajstić information content (AvgIpc) is 3.08. The summed E-state index contributed by atoms with van der Waals surface area (Å²) in [6.07, 6.45) is 4.40. The number of hydrogen-bond donors (Lipinski definition) is 0. The summed E-state index contributed by atoms with van der Waals surface area (Å²) in [5.74, 6) is -1.24. The first-order chi connectivity index (χ1) is 16.3. The maximum atomic E-state index is 12.9. The van der Waals surface area contributed by atoms with Crippen molar-refractivity contribution in [3.63, 3.8) is 0 Å². The largest absolute Gasteiger partial charge is 0.422 e. The van der Waals surface area contributed by atoms with E-state index < -0.39 is 17.1 Å². The maximum Gasteiger partial charge on any atom is 0.345 e. The van der Waals surface area contributed by atoms with E-state index in [0.717, 1.165) is 35.9 Å². The average molecular weight is 564 g/mol. The first kappa shape index (κ1) is 24.5. The molecule has 0 spiro atoms. The number of thioether (sulfide) groups is 1. The Balaban J connectivity index is 1.54. The summed E-state index contributed by atoms with van der Waals surface area (Å²) in [6, 6.07) is 11.4. The summed E-state index contributed by atoms with van der Waals surface area (Å²) in [7, 11) is 0. The molecule has 0 unspecified atom stereocenters. The van der Waals surface area contributed by atoms with Crippen LogP contribution in [0.4, 0.5) is 4.79 Å². The Bertz CT molecular complexity index is 1200. The molecule has 2 saturated heterocycles. The molecule has 2 aliphatic rings. The van der Waals surface area contributed by atoms with Gasteiger partial charge in [0.2, 0.25) is 5.91 Å².